The Labute approximate surface area is 147 Å². The molecule has 0 saturated carbocycles. The van der Waals surface area contributed by atoms with Crippen molar-refractivity contribution in [2.24, 2.45) is 5.73 Å². The second-order valence-corrected chi connectivity index (χ2v) is 5.57. The average molecular weight is 338 g/mol. The maximum Gasteiger partial charge on any atom is 0.246 e. The number of benzene rings is 2. The number of rotatable bonds is 8. The van der Waals surface area contributed by atoms with Crippen LogP contribution < -0.4 is 10.5 Å². The molecule has 0 spiro atoms. The highest BCUT2D eigenvalue weighted by Gasteiger charge is 2.12. The lowest BCUT2D eigenvalue weighted by molar-refractivity contribution is -0.127. The minimum atomic E-state index is -0.428. The molecule has 0 radical (unpaired) electrons. The highest BCUT2D eigenvalue weighted by atomic mass is 16.5. The predicted molar refractivity (Wildman–Crippen MR) is 97.7 cm³/mol. The first-order chi connectivity index (χ1) is 12.1. The van der Waals surface area contributed by atoms with Crippen molar-refractivity contribution in [2.45, 2.75) is 13.0 Å². The quantitative estimate of drug-likeness (QED) is 0.752. The summed E-state index contributed by atoms with van der Waals surface area (Å²) in [5.41, 5.74) is 7.08. The Morgan fingerprint density at radius 2 is 1.88 bits per heavy atom. The van der Waals surface area contributed by atoms with E-state index in [9.17, 15) is 9.59 Å². The predicted octanol–water partition coefficient (Wildman–Crippen LogP) is 2.61. The molecule has 0 unspecified atom stereocenters. The van der Waals surface area contributed by atoms with E-state index < -0.39 is 5.91 Å². The molecular formula is C20H22N2O3. The molecule has 0 fully saturated rings. The van der Waals surface area contributed by atoms with Crippen LogP contribution >= 0.6 is 0 Å². The third-order valence-electron chi connectivity index (χ3n) is 3.67. The topological polar surface area (TPSA) is 72.6 Å². The molecule has 0 atom stereocenters. The van der Waals surface area contributed by atoms with E-state index in [-0.39, 0.29) is 18.9 Å². The van der Waals surface area contributed by atoms with Crippen LogP contribution in [0.3, 0.4) is 0 Å². The fourth-order valence-corrected chi connectivity index (χ4v) is 2.33. The normalized spacial score (nSPS) is 10.6. The standard InChI is InChI=1S/C20H22N2O3/c1-25-18-9-5-8-16(14-18)10-11-20(24)22(13-12-19(21)23)15-17-6-3-2-4-7-17/h2-11,14H,12-13,15H2,1H3,(H2,21,23). The summed E-state index contributed by atoms with van der Waals surface area (Å²) in [6.45, 7) is 0.709. The van der Waals surface area contributed by atoms with Gasteiger partial charge in [0, 0.05) is 25.6 Å². The summed E-state index contributed by atoms with van der Waals surface area (Å²) < 4.78 is 5.17. The van der Waals surface area contributed by atoms with Gasteiger partial charge in [-0.1, -0.05) is 42.5 Å². The van der Waals surface area contributed by atoms with Crippen LogP contribution in [-0.2, 0) is 16.1 Å². The van der Waals surface area contributed by atoms with Crippen LogP contribution in [-0.4, -0.2) is 30.4 Å². The summed E-state index contributed by atoms with van der Waals surface area (Å²) in [4.78, 5) is 25.2. The Kier molecular flexibility index (Phi) is 6.77. The Bertz CT molecular complexity index is 742. The lowest BCUT2D eigenvalue weighted by atomic mass is 10.2. The number of nitrogens with two attached hydrogens (primary N) is 1. The molecule has 2 aromatic carbocycles. The first kappa shape index (κ1) is 18.3. The van der Waals surface area contributed by atoms with Gasteiger partial charge in [-0.05, 0) is 29.3 Å². The number of methoxy groups -OCH3 is 1. The third kappa shape index (κ3) is 6.14. The zero-order valence-electron chi connectivity index (χ0n) is 14.2. The fourth-order valence-electron chi connectivity index (χ4n) is 2.33. The highest BCUT2D eigenvalue weighted by Crippen LogP contribution is 2.14. The van der Waals surface area contributed by atoms with E-state index in [2.05, 4.69) is 0 Å². The Morgan fingerprint density at radius 3 is 2.56 bits per heavy atom. The molecule has 0 aromatic heterocycles. The second kappa shape index (κ2) is 9.27. The number of amides is 2. The molecule has 5 nitrogen and oxygen atoms in total. The molecule has 5 heteroatoms. The Balaban J connectivity index is 2.10. The maximum atomic E-state index is 12.5. The van der Waals surface area contributed by atoms with Crippen molar-refractivity contribution in [3.8, 4) is 5.75 Å². The van der Waals surface area contributed by atoms with E-state index in [1.807, 2.05) is 54.6 Å². The van der Waals surface area contributed by atoms with Gasteiger partial charge in [-0.15, -0.1) is 0 Å². The second-order valence-electron chi connectivity index (χ2n) is 5.57. The molecule has 2 rings (SSSR count). The Hall–Kier alpha value is -3.08. The fraction of sp³-hybridized carbons (Fsp3) is 0.200. The lowest BCUT2D eigenvalue weighted by Crippen LogP contribution is -2.32. The van der Waals surface area contributed by atoms with Crippen LogP contribution in [0.5, 0.6) is 5.75 Å². The first-order valence-corrected chi connectivity index (χ1v) is 8.02. The number of hydrogen-bond donors (Lipinski definition) is 1. The van der Waals surface area contributed by atoms with Gasteiger partial charge >= 0.3 is 0 Å². The van der Waals surface area contributed by atoms with Gasteiger partial charge in [-0.3, -0.25) is 9.59 Å². The van der Waals surface area contributed by atoms with Crippen molar-refractivity contribution in [1.82, 2.24) is 4.90 Å². The summed E-state index contributed by atoms with van der Waals surface area (Å²) in [6.07, 6.45) is 3.36. The molecule has 0 heterocycles. The van der Waals surface area contributed by atoms with Crippen molar-refractivity contribution >= 4 is 17.9 Å². The molecule has 0 aliphatic heterocycles. The average Bonchev–Trinajstić information content (AvgIpc) is 2.64. The summed E-state index contributed by atoms with van der Waals surface area (Å²) >= 11 is 0. The van der Waals surface area contributed by atoms with Crippen LogP contribution in [0.15, 0.2) is 60.7 Å². The van der Waals surface area contributed by atoms with Crippen molar-refractivity contribution in [3.63, 3.8) is 0 Å². The smallest absolute Gasteiger partial charge is 0.246 e. The number of carbonyl (C=O) groups is 2. The Morgan fingerprint density at radius 1 is 1.12 bits per heavy atom. The van der Waals surface area contributed by atoms with Gasteiger partial charge in [0.15, 0.2) is 0 Å². The largest absolute Gasteiger partial charge is 0.497 e. The van der Waals surface area contributed by atoms with Gasteiger partial charge in [0.2, 0.25) is 11.8 Å². The molecule has 0 saturated heterocycles. The van der Waals surface area contributed by atoms with Crippen LogP contribution in [0.1, 0.15) is 17.5 Å². The van der Waals surface area contributed by atoms with Crippen LogP contribution in [0, 0.1) is 0 Å². The molecule has 2 aromatic rings. The van der Waals surface area contributed by atoms with Gasteiger partial charge in [-0.2, -0.15) is 0 Å². The van der Waals surface area contributed by atoms with E-state index in [0.29, 0.717) is 6.54 Å². The molecule has 0 aliphatic rings. The zero-order chi connectivity index (χ0) is 18.1. The minimum Gasteiger partial charge on any atom is -0.497 e. The van der Waals surface area contributed by atoms with Gasteiger partial charge in [0.1, 0.15) is 5.75 Å². The van der Waals surface area contributed by atoms with E-state index in [1.54, 1.807) is 18.1 Å². The van der Waals surface area contributed by atoms with E-state index in [1.165, 1.54) is 6.08 Å². The SMILES string of the molecule is COc1cccc(C=CC(=O)N(CCC(N)=O)Cc2ccccc2)c1. The van der Waals surface area contributed by atoms with Crippen LogP contribution in [0.4, 0.5) is 0 Å². The van der Waals surface area contributed by atoms with Crippen LogP contribution in [0.25, 0.3) is 6.08 Å². The van der Waals surface area contributed by atoms with E-state index >= 15 is 0 Å². The number of ether oxygens (including phenoxy) is 1. The van der Waals surface area contributed by atoms with Crippen molar-refractivity contribution < 1.29 is 14.3 Å². The molecule has 0 bridgehead atoms. The van der Waals surface area contributed by atoms with Gasteiger partial charge < -0.3 is 15.4 Å². The molecular weight excluding hydrogens is 316 g/mol. The van der Waals surface area contributed by atoms with Crippen molar-refractivity contribution in [1.29, 1.82) is 0 Å². The molecule has 2 amide bonds. The number of carbonyl (C=O) groups excluding carboxylic acids is 2. The van der Waals surface area contributed by atoms with Gasteiger partial charge in [0.05, 0.1) is 7.11 Å². The third-order valence-corrected chi connectivity index (χ3v) is 3.67. The molecule has 2 N–H and O–H groups in total. The number of nitrogens with zero attached hydrogens (tertiary/aromatic N) is 1. The highest BCUT2D eigenvalue weighted by molar-refractivity contribution is 5.92. The van der Waals surface area contributed by atoms with Gasteiger partial charge in [0.25, 0.3) is 0 Å². The van der Waals surface area contributed by atoms with Crippen LogP contribution in [0.2, 0.25) is 0 Å². The molecule has 130 valence electrons. The van der Waals surface area contributed by atoms with E-state index in [4.69, 9.17) is 10.5 Å². The number of primary amides is 1. The number of hydrogen-bond acceptors (Lipinski definition) is 3. The zero-order valence-corrected chi connectivity index (χ0v) is 14.2. The molecule has 0 aliphatic carbocycles. The van der Waals surface area contributed by atoms with E-state index in [0.717, 1.165) is 16.9 Å². The first-order valence-electron chi connectivity index (χ1n) is 8.02. The lowest BCUT2D eigenvalue weighted by Gasteiger charge is -2.20. The summed E-state index contributed by atoms with van der Waals surface area (Å²) in [7, 11) is 1.60. The van der Waals surface area contributed by atoms with Gasteiger partial charge in [-0.25, -0.2) is 0 Å². The minimum absolute atomic E-state index is 0.131. The monoisotopic (exact) mass is 338 g/mol. The summed E-state index contributed by atoms with van der Waals surface area (Å²) in [5.74, 6) is 0.125. The maximum absolute atomic E-state index is 12.5. The summed E-state index contributed by atoms with van der Waals surface area (Å²) in [5, 5.41) is 0. The molecule has 25 heavy (non-hydrogen) atoms. The van der Waals surface area contributed by atoms with Crippen molar-refractivity contribution in [3.05, 3.63) is 71.8 Å². The van der Waals surface area contributed by atoms with Crippen molar-refractivity contribution in [2.75, 3.05) is 13.7 Å². The summed E-state index contributed by atoms with van der Waals surface area (Å²) in [6, 6.07) is 17.1.